The molecule has 116 valence electrons. The molecule has 0 radical (unpaired) electrons. The van der Waals surface area contributed by atoms with E-state index in [2.05, 4.69) is 10.6 Å². The van der Waals surface area contributed by atoms with Gasteiger partial charge in [-0.1, -0.05) is 13.8 Å². The number of nitrogens with one attached hydrogen (secondary N) is 2. The van der Waals surface area contributed by atoms with Gasteiger partial charge in [0.05, 0.1) is 4.92 Å². The van der Waals surface area contributed by atoms with Crippen LogP contribution in [0.3, 0.4) is 0 Å². The molecule has 0 atom stereocenters. The van der Waals surface area contributed by atoms with Gasteiger partial charge in [0.25, 0.3) is 11.6 Å². The van der Waals surface area contributed by atoms with Crippen LogP contribution < -0.4 is 10.6 Å². The minimum Gasteiger partial charge on any atom is -0.378 e. The summed E-state index contributed by atoms with van der Waals surface area (Å²) in [4.78, 5) is 23.9. The van der Waals surface area contributed by atoms with Crippen molar-refractivity contribution in [3.05, 3.63) is 33.9 Å². The number of hydrogen-bond acceptors (Lipinski definition) is 5. The van der Waals surface area contributed by atoms with Gasteiger partial charge < -0.3 is 15.5 Å². The molecular weight excluding hydrogens is 272 g/mol. The van der Waals surface area contributed by atoms with Crippen molar-refractivity contribution >= 4 is 17.3 Å². The predicted molar refractivity (Wildman–Crippen MR) is 82.7 cm³/mol. The molecule has 0 saturated carbocycles. The Morgan fingerprint density at radius 1 is 1.33 bits per heavy atom. The Bertz CT molecular complexity index is 515. The summed E-state index contributed by atoms with van der Waals surface area (Å²) in [6.45, 7) is 5.27. The first-order valence-electron chi connectivity index (χ1n) is 6.80. The Hall–Kier alpha value is -2.15. The smallest absolute Gasteiger partial charge is 0.292 e. The Balaban J connectivity index is 2.89. The Kier molecular flexibility index (Phi) is 6.10. The molecule has 0 unspecified atom stereocenters. The highest BCUT2D eigenvalue weighted by Gasteiger charge is 2.17. The fourth-order valence-corrected chi connectivity index (χ4v) is 1.79. The van der Waals surface area contributed by atoms with Crippen molar-refractivity contribution in [1.29, 1.82) is 0 Å². The molecule has 2 N–H and O–H groups in total. The van der Waals surface area contributed by atoms with Crippen molar-refractivity contribution in [2.24, 2.45) is 0 Å². The zero-order valence-electron chi connectivity index (χ0n) is 12.8. The largest absolute Gasteiger partial charge is 0.378 e. The van der Waals surface area contributed by atoms with Gasteiger partial charge >= 0.3 is 0 Å². The van der Waals surface area contributed by atoms with E-state index in [1.165, 1.54) is 23.1 Å². The molecule has 0 aliphatic carbocycles. The number of amides is 1. The quantitative estimate of drug-likeness (QED) is 0.454. The third-order valence-corrected chi connectivity index (χ3v) is 2.84. The monoisotopic (exact) mass is 294 g/mol. The fourth-order valence-electron chi connectivity index (χ4n) is 1.79. The zero-order chi connectivity index (χ0) is 16.0. The second-order valence-electron chi connectivity index (χ2n) is 5.22. The van der Waals surface area contributed by atoms with Gasteiger partial charge in [0.2, 0.25) is 0 Å². The van der Waals surface area contributed by atoms with Gasteiger partial charge in [-0.2, -0.15) is 0 Å². The molecule has 0 aromatic heterocycles. The normalized spacial score (nSPS) is 10.5. The molecule has 1 rings (SSSR count). The van der Waals surface area contributed by atoms with Crippen molar-refractivity contribution in [3.8, 4) is 0 Å². The first kappa shape index (κ1) is 16.9. The third kappa shape index (κ3) is 5.03. The number of carbonyl (C=O) groups excluding carboxylic acids is 1. The lowest BCUT2D eigenvalue weighted by Gasteiger charge is -2.13. The highest BCUT2D eigenvalue weighted by atomic mass is 16.6. The summed E-state index contributed by atoms with van der Waals surface area (Å²) in [6.07, 6.45) is 0. The van der Waals surface area contributed by atoms with E-state index in [4.69, 9.17) is 0 Å². The average molecular weight is 294 g/mol. The number of benzene rings is 1. The van der Waals surface area contributed by atoms with E-state index in [0.717, 1.165) is 0 Å². The first-order valence-corrected chi connectivity index (χ1v) is 6.80. The molecule has 0 bridgehead atoms. The Morgan fingerprint density at radius 2 is 2.00 bits per heavy atom. The number of nitrogens with zero attached hydrogens (tertiary/aromatic N) is 2. The average Bonchev–Trinajstić information content (AvgIpc) is 2.42. The first-order chi connectivity index (χ1) is 9.82. The molecule has 0 heterocycles. The van der Waals surface area contributed by atoms with E-state index < -0.39 is 4.92 Å². The van der Waals surface area contributed by atoms with Gasteiger partial charge in [0.1, 0.15) is 5.69 Å². The van der Waals surface area contributed by atoms with Crippen LogP contribution in [0.2, 0.25) is 0 Å². The highest BCUT2D eigenvalue weighted by molar-refractivity contribution is 5.95. The summed E-state index contributed by atoms with van der Waals surface area (Å²) < 4.78 is 0. The molecule has 21 heavy (non-hydrogen) atoms. The molecule has 7 nitrogen and oxygen atoms in total. The van der Waals surface area contributed by atoms with Gasteiger partial charge in [-0.25, -0.2) is 0 Å². The summed E-state index contributed by atoms with van der Waals surface area (Å²) in [6, 6.07) is 4.70. The molecule has 7 heteroatoms. The number of carbonyl (C=O) groups is 1. The van der Waals surface area contributed by atoms with Crippen LogP contribution in [-0.4, -0.2) is 49.0 Å². The summed E-state index contributed by atoms with van der Waals surface area (Å²) in [5.74, 6) is -0.187. The lowest BCUT2D eigenvalue weighted by atomic mass is 10.1. The third-order valence-electron chi connectivity index (χ3n) is 2.84. The molecule has 0 aliphatic heterocycles. The summed E-state index contributed by atoms with van der Waals surface area (Å²) in [5, 5.41) is 17.3. The van der Waals surface area contributed by atoms with Gasteiger partial charge in [0, 0.05) is 44.9 Å². The molecule has 0 spiro atoms. The van der Waals surface area contributed by atoms with Gasteiger partial charge in [-0.15, -0.1) is 0 Å². The second-order valence-corrected chi connectivity index (χ2v) is 5.22. The van der Waals surface area contributed by atoms with Crippen LogP contribution >= 0.6 is 0 Å². The van der Waals surface area contributed by atoms with E-state index >= 15 is 0 Å². The molecule has 1 aromatic carbocycles. The maximum atomic E-state index is 11.9. The summed E-state index contributed by atoms with van der Waals surface area (Å²) in [7, 11) is 3.28. The molecular formula is C14H22N4O3. The number of nitro benzene ring substituents is 1. The van der Waals surface area contributed by atoms with Crippen molar-refractivity contribution in [1.82, 2.24) is 10.2 Å². The number of nitro groups is 1. The second kappa shape index (κ2) is 7.58. The van der Waals surface area contributed by atoms with E-state index in [1.807, 2.05) is 13.8 Å². The fraction of sp³-hybridized carbons (Fsp3) is 0.500. The van der Waals surface area contributed by atoms with Crippen LogP contribution in [0.4, 0.5) is 11.4 Å². The summed E-state index contributed by atoms with van der Waals surface area (Å²) >= 11 is 0. The Labute approximate surface area is 124 Å². The Morgan fingerprint density at radius 3 is 2.52 bits per heavy atom. The van der Waals surface area contributed by atoms with Crippen LogP contribution in [0.25, 0.3) is 0 Å². The summed E-state index contributed by atoms with van der Waals surface area (Å²) in [5.41, 5.74) is 0.748. The SMILES string of the molecule is CC(C)NCCNc1cc(C(=O)N(C)C)ccc1[N+](=O)[O-]. The minimum absolute atomic E-state index is 0.0325. The maximum absolute atomic E-state index is 11.9. The molecule has 0 fully saturated rings. The lowest BCUT2D eigenvalue weighted by molar-refractivity contribution is -0.384. The van der Waals surface area contributed by atoms with Crippen LogP contribution in [0, 0.1) is 10.1 Å². The van der Waals surface area contributed by atoms with Gasteiger partial charge in [-0.3, -0.25) is 14.9 Å². The van der Waals surface area contributed by atoms with Crippen molar-refractivity contribution in [2.75, 3.05) is 32.5 Å². The van der Waals surface area contributed by atoms with Gasteiger partial charge in [0.15, 0.2) is 0 Å². The van der Waals surface area contributed by atoms with E-state index in [-0.39, 0.29) is 11.6 Å². The lowest BCUT2D eigenvalue weighted by Crippen LogP contribution is -2.28. The van der Waals surface area contributed by atoms with Crippen LogP contribution in [0.1, 0.15) is 24.2 Å². The number of anilines is 1. The topological polar surface area (TPSA) is 87.5 Å². The van der Waals surface area contributed by atoms with Gasteiger partial charge in [-0.05, 0) is 12.1 Å². The highest BCUT2D eigenvalue weighted by Crippen LogP contribution is 2.25. The van der Waals surface area contributed by atoms with Crippen LogP contribution in [0.15, 0.2) is 18.2 Å². The number of rotatable bonds is 7. The van der Waals surface area contributed by atoms with Crippen molar-refractivity contribution < 1.29 is 9.72 Å². The predicted octanol–water partition coefficient (Wildman–Crippen LogP) is 1.71. The van der Waals surface area contributed by atoms with E-state index in [9.17, 15) is 14.9 Å². The molecule has 1 aromatic rings. The van der Waals surface area contributed by atoms with Crippen LogP contribution in [0.5, 0.6) is 0 Å². The minimum atomic E-state index is -0.456. The molecule has 0 saturated heterocycles. The van der Waals surface area contributed by atoms with Crippen molar-refractivity contribution in [3.63, 3.8) is 0 Å². The van der Waals surface area contributed by atoms with Crippen molar-refractivity contribution in [2.45, 2.75) is 19.9 Å². The van der Waals surface area contributed by atoms with Crippen LogP contribution in [-0.2, 0) is 0 Å². The molecule has 0 aliphatic rings. The standard InChI is InChI=1S/C14H22N4O3/c1-10(2)15-7-8-16-12-9-11(14(19)17(3)4)5-6-13(12)18(20)21/h5-6,9-10,15-16H,7-8H2,1-4H3. The zero-order valence-corrected chi connectivity index (χ0v) is 12.8. The maximum Gasteiger partial charge on any atom is 0.292 e. The molecule has 1 amide bonds. The van der Waals surface area contributed by atoms with E-state index in [0.29, 0.717) is 30.4 Å². The number of hydrogen-bond donors (Lipinski definition) is 2. The van der Waals surface area contributed by atoms with E-state index in [1.54, 1.807) is 14.1 Å².